The van der Waals surface area contributed by atoms with Gasteiger partial charge in [-0.05, 0) is 6.42 Å². The molecule has 68 valence electrons. The van der Waals surface area contributed by atoms with E-state index < -0.39 is 0 Å². The maximum Gasteiger partial charge on any atom is 0.275 e. The van der Waals surface area contributed by atoms with Crippen LogP contribution in [0.4, 0.5) is 0 Å². The van der Waals surface area contributed by atoms with Gasteiger partial charge in [0.2, 0.25) is 0 Å². The molecule has 2 rings (SSSR count). The molecule has 0 aliphatic rings. The van der Waals surface area contributed by atoms with Gasteiger partial charge in [-0.15, -0.1) is 0 Å². The van der Waals surface area contributed by atoms with Gasteiger partial charge < -0.3 is 0 Å². The zero-order valence-corrected chi connectivity index (χ0v) is 7.32. The van der Waals surface area contributed by atoms with Crippen molar-refractivity contribution in [3.8, 4) is 0 Å². The molecule has 0 aromatic carbocycles. The van der Waals surface area contributed by atoms with E-state index in [1.165, 1.54) is 12.5 Å². The summed E-state index contributed by atoms with van der Waals surface area (Å²) in [6.45, 7) is 2.82. The highest BCUT2D eigenvalue weighted by molar-refractivity contribution is 5.72. The Hall–Kier alpha value is -1.65. The van der Waals surface area contributed by atoms with Crippen LogP contribution in [0.5, 0.6) is 0 Å². The predicted octanol–water partition coefficient (Wildman–Crippen LogP) is 0.530. The van der Waals surface area contributed by atoms with Crippen molar-refractivity contribution in [2.75, 3.05) is 0 Å². The first-order chi connectivity index (χ1) is 6.33. The first-order valence-electron chi connectivity index (χ1n) is 4.21. The molecule has 0 aliphatic carbocycles. The zero-order valence-electron chi connectivity index (χ0n) is 7.32. The van der Waals surface area contributed by atoms with Gasteiger partial charge in [0.15, 0.2) is 5.65 Å². The Morgan fingerprint density at radius 2 is 2.46 bits per heavy atom. The molecule has 0 unspecified atom stereocenters. The lowest BCUT2D eigenvalue weighted by Gasteiger charge is -1.98. The van der Waals surface area contributed by atoms with Crippen LogP contribution in [0.3, 0.4) is 0 Å². The van der Waals surface area contributed by atoms with Crippen molar-refractivity contribution in [2.24, 2.45) is 0 Å². The number of aromatic nitrogens is 4. The van der Waals surface area contributed by atoms with Gasteiger partial charge in [0.25, 0.3) is 5.56 Å². The van der Waals surface area contributed by atoms with Crippen molar-refractivity contribution in [2.45, 2.75) is 19.9 Å². The quantitative estimate of drug-likeness (QED) is 0.729. The Morgan fingerprint density at radius 1 is 1.62 bits per heavy atom. The second kappa shape index (κ2) is 3.01. The lowest BCUT2D eigenvalue weighted by atomic mass is 10.4. The Labute approximate surface area is 74.4 Å². The number of fused-ring (bicyclic) bond motifs is 1. The minimum absolute atomic E-state index is 0.121. The first kappa shape index (κ1) is 7.97. The molecule has 2 aromatic heterocycles. The van der Waals surface area contributed by atoms with Crippen LogP contribution in [-0.4, -0.2) is 19.7 Å². The lowest BCUT2D eigenvalue weighted by molar-refractivity contribution is 0.611. The lowest BCUT2D eigenvalue weighted by Crippen LogP contribution is -2.05. The first-order valence-corrected chi connectivity index (χ1v) is 4.21. The number of H-pyrrole nitrogens is 1. The van der Waals surface area contributed by atoms with E-state index in [1.54, 1.807) is 4.68 Å². The molecular formula is C8H10N4O. The van der Waals surface area contributed by atoms with Crippen LogP contribution in [0.15, 0.2) is 17.3 Å². The zero-order chi connectivity index (χ0) is 9.26. The van der Waals surface area contributed by atoms with Gasteiger partial charge in [0.05, 0.1) is 0 Å². The molecule has 0 fully saturated rings. The van der Waals surface area contributed by atoms with Gasteiger partial charge in [0.1, 0.15) is 11.7 Å². The summed E-state index contributed by atoms with van der Waals surface area (Å²) in [5.74, 6) is 0. The fraction of sp³-hybridized carbons (Fsp3) is 0.375. The predicted molar refractivity (Wildman–Crippen MR) is 48.4 cm³/mol. The highest BCUT2D eigenvalue weighted by atomic mass is 16.1. The summed E-state index contributed by atoms with van der Waals surface area (Å²) in [5, 5.41) is 3.26. The second-order valence-electron chi connectivity index (χ2n) is 2.85. The average molecular weight is 178 g/mol. The molecule has 2 aromatic rings. The van der Waals surface area contributed by atoms with E-state index in [4.69, 9.17) is 0 Å². The molecule has 1 N–H and O–H groups in total. The molecule has 13 heavy (non-hydrogen) atoms. The van der Waals surface area contributed by atoms with Gasteiger partial charge >= 0.3 is 0 Å². The smallest absolute Gasteiger partial charge is 0.267 e. The second-order valence-corrected chi connectivity index (χ2v) is 2.85. The maximum atomic E-state index is 11.3. The van der Waals surface area contributed by atoms with Crippen molar-refractivity contribution in [3.63, 3.8) is 0 Å². The molecule has 0 bridgehead atoms. The number of nitrogens with one attached hydrogen (secondary N) is 1. The van der Waals surface area contributed by atoms with Crippen LogP contribution in [0, 0.1) is 0 Å². The number of rotatable bonds is 2. The Morgan fingerprint density at radius 3 is 3.23 bits per heavy atom. The van der Waals surface area contributed by atoms with Crippen LogP contribution < -0.4 is 5.56 Å². The van der Waals surface area contributed by atoms with E-state index in [2.05, 4.69) is 15.1 Å². The normalized spacial score (nSPS) is 10.8. The number of nitrogens with zero attached hydrogens (tertiary/aromatic N) is 3. The van der Waals surface area contributed by atoms with Crippen LogP contribution in [-0.2, 0) is 6.54 Å². The van der Waals surface area contributed by atoms with Crippen molar-refractivity contribution in [1.82, 2.24) is 19.7 Å². The average Bonchev–Trinajstić information content (AvgIpc) is 2.46. The summed E-state index contributed by atoms with van der Waals surface area (Å²) in [4.78, 5) is 19.2. The SMILES string of the molecule is CCCn1[nH]c(=O)c2cncnc21. The largest absolute Gasteiger partial charge is 0.275 e. The molecule has 0 saturated carbocycles. The molecule has 0 saturated heterocycles. The van der Waals surface area contributed by atoms with Crippen molar-refractivity contribution in [3.05, 3.63) is 22.9 Å². The van der Waals surface area contributed by atoms with E-state index in [1.807, 2.05) is 6.92 Å². The fourth-order valence-electron chi connectivity index (χ4n) is 1.32. The standard InChI is InChI=1S/C8H10N4O/c1-2-3-12-7-6(8(13)11-12)4-9-5-10-7/h4-5H,2-3H2,1H3,(H,11,13). The molecule has 0 atom stereocenters. The van der Waals surface area contributed by atoms with E-state index in [-0.39, 0.29) is 5.56 Å². The third-order valence-corrected chi connectivity index (χ3v) is 1.88. The number of hydrogen-bond donors (Lipinski definition) is 1. The van der Waals surface area contributed by atoms with E-state index in [0.29, 0.717) is 11.0 Å². The molecule has 0 spiro atoms. The Kier molecular flexibility index (Phi) is 1.84. The molecule has 5 nitrogen and oxygen atoms in total. The highest BCUT2D eigenvalue weighted by Gasteiger charge is 2.05. The summed E-state index contributed by atoms with van der Waals surface area (Å²) < 4.78 is 1.75. The number of hydrogen-bond acceptors (Lipinski definition) is 3. The molecule has 0 aliphatic heterocycles. The summed E-state index contributed by atoms with van der Waals surface area (Å²) in [6, 6.07) is 0. The third-order valence-electron chi connectivity index (χ3n) is 1.88. The Balaban J connectivity index is 2.71. The fourth-order valence-corrected chi connectivity index (χ4v) is 1.32. The van der Waals surface area contributed by atoms with Crippen LogP contribution in [0.25, 0.3) is 11.0 Å². The topological polar surface area (TPSA) is 63.6 Å². The van der Waals surface area contributed by atoms with E-state index in [0.717, 1.165) is 13.0 Å². The van der Waals surface area contributed by atoms with Gasteiger partial charge in [-0.3, -0.25) is 14.6 Å². The summed E-state index contributed by atoms with van der Waals surface area (Å²) in [6.07, 6.45) is 3.94. The minimum Gasteiger partial charge on any atom is -0.267 e. The third kappa shape index (κ3) is 1.22. The van der Waals surface area contributed by atoms with Gasteiger partial charge in [-0.2, -0.15) is 0 Å². The van der Waals surface area contributed by atoms with Crippen LogP contribution in [0.2, 0.25) is 0 Å². The van der Waals surface area contributed by atoms with E-state index >= 15 is 0 Å². The molecule has 2 heterocycles. The maximum absolute atomic E-state index is 11.3. The summed E-state index contributed by atoms with van der Waals surface area (Å²) in [5.41, 5.74) is 0.561. The van der Waals surface area contributed by atoms with Crippen LogP contribution >= 0.6 is 0 Å². The molecule has 5 heteroatoms. The molecular weight excluding hydrogens is 168 g/mol. The highest BCUT2D eigenvalue weighted by Crippen LogP contribution is 2.03. The van der Waals surface area contributed by atoms with Crippen molar-refractivity contribution < 1.29 is 0 Å². The summed E-state index contributed by atoms with van der Waals surface area (Å²) >= 11 is 0. The van der Waals surface area contributed by atoms with Crippen LogP contribution in [0.1, 0.15) is 13.3 Å². The summed E-state index contributed by atoms with van der Waals surface area (Å²) in [7, 11) is 0. The van der Waals surface area contributed by atoms with Gasteiger partial charge in [0, 0.05) is 12.7 Å². The van der Waals surface area contributed by atoms with Gasteiger partial charge in [-0.25, -0.2) is 9.97 Å². The van der Waals surface area contributed by atoms with Crippen molar-refractivity contribution in [1.29, 1.82) is 0 Å². The Bertz CT molecular complexity index is 470. The molecule has 0 amide bonds. The van der Waals surface area contributed by atoms with Gasteiger partial charge in [-0.1, -0.05) is 6.92 Å². The molecule has 0 radical (unpaired) electrons. The minimum atomic E-state index is -0.121. The number of aryl methyl sites for hydroxylation is 1. The number of aromatic amines is 1. The monoisotopic (exact) mass is 178 g/mol. The van der Waals surface area contributed by atoms with E-state index in [9.17, 15) is 4.79 Å². The van der Waals surface area contributed by atoms with Crippen molar-refractivity contribution >= 4 is 11.0 Å².